The molecule has 0 spiro atoms. The van der Waals surface area contributed by atoms with Crippen LogP contribution in [0.25, 0.3) is 0 Å². The molecule has 0 aliphatic carbocycles. The molecular weight excluding hydrogens is 366 g/mol. The van der Waals surface area contributed by atoms with Gasteiger partial charge in [0.05, 0.1) is 18.9 Å². The van der Waals surface area contributed by atoms with Gasteiger partial charge < -0.3 is 19.3 Å². The molecule has 0 saturated carbocycles. The third-order valence-electron chi connectivity index (χ3n) is 4.98. The zero-order valence-electron chi connectivity index (χ0n) is 15.9. The second-order valence-corrected chi connectivity index (χ2v) is 7.03. The fourth-order valence-corrected chi connectivity index (χ4v) is 3.58. The van der Waals surface area contributed by atoms with Crippen LogP contribution in [0.5, 0.6) is 11.5 Å². The molecule has 1 saturated heterocycles. The molecule has 0 aromatic heterocycles. The predicted octanol–water partition coefficient (Wildman–Crippen LogP) is 2.25. The van der Waals surface area contributed by atoms with Crippen molar-refractivity contribution in [2.75, 3.05) is 19.9 Å². The van der Waals surface area contributed by atoms with Crippen molar-refractivity contribution in [1.82, 2.24) is 4.90 Å². The van der Waals surface area contributed by atoms with Gasteiger partial charge in [-0.3, -0.25) is 19.3 Å². The number of hydrogen-bond acceptors (Lipinski definition) is 7. The molecule has 0 bridgehead atoms. The number of Topliss-reactive ketones (excluding diaryl/α,β-unsaturated/α-hetero) is 1. The molecule has 1 unspecified atom stereocenters. The van der Waals surface area contributed by atoms with Crippen LogP contribution in [0.1, 0.15) is 49.4 Å². The van der Waals surface area contributed by atoms with Gasteiger partial charge >= 0.3 is 11.9 Å². The first-order chi connectivity index (χ1) is 13.5. The van der Waals surface area contributed by atoms with Gasteiger partial charge in [-0.05, 0) is 31.0 Å². The summed E-state index contributed by atoms with van der Waals surface area (Å²) in [6, 6.07) is 4.91. The molecule has 1 aromatic rings. The molecule has 2 aliphatic heterocycles. The van der Waals surface area contributed by atoms with Gasteiger partial charge in [0, 0.05) is 18.7 Å². The molecule has 0 amide bonds. The second kappa shape index (κ2) is 9.05. The lowest BCUT2D eigenvalue weighted by atomic mass is 9.99. The van der Waals surface area contributed by atoms with E-state index < -0.39 is 11.9 Å². The highest BCUT2D eigenvalue weighted by Crippen LogP contribution is 2.33. The lowest BCUT2D eigenvalue weighted by molar-refractivity contribution is -0.151. The van der Waals surface area contributed by atoms with Crippen LogP contribution in [0.3, 0.4) is 0 Å². The lowest BCUT2D eigenvalue weighted by Gasteiger charge is -2.26. The first kappa shape index (κ1) is 20.1. The number of esters is 1. The van der Waals surface area contributed by atoms with Gasteiger partial charge in [-0.2, -0.15) is 0 Å². The van der Waals surface area contributed by atoms with E-state index in [1.165, 1.54) is 0 Å². The van der Waals surface area contributed by atoms with Crippen molar-refractivity contribution >= 4 is 17.7 Å². The molecule has 1 fully saturated rings. The highest BCUT2D eigenvalue weighted by Gasteiger charge is 2.34. The monoisotopic (exact) mass is 391 g/mol. The van der Waals surface area contributed by atoms with E-state index in [1.54, 1.807) is 18.2 Å². The summed E-state index contributed by atoms with van der Waals surface area (Å²) in [5, 5.41) is 8.65. The fraction of sp³-hybridized carbons (Fsp3) is 0.550. The van der Waals surface area contributed by atoms with Gasteiger partial charge in [0.1, 0.15) is 6.10 Å². The zero-order valence-corrected chi connectivity index (χ0v) is 15.9. The van der Waals surface area contributed by atoms with Crippen molar-refractivity contribution in [2.24, 2.45) is 0 Å². The van der Waals surface area contributed by atoms with Crippen molar-refractivity contribution in [3.05, 3.63) is 23.8 Å². The standard InChI is InChI=1S/C20H25NO7/c1-2-3-15(20(25)13-4-5-16-17(10-13)27-12-26-16)21-9-8-14(11-21)28-19(24)7-6-18(22)23/h4-5,10,14-15H,2-3,6-9,11-12H2,1H3,(H,22,23)/t14-,15?/m0/s1. The summed E-state index contributed by atoms with van der Waals surface area (Å²) in [6.07, 6.45) is 1.49. The molecular formula is C20H25NO7. The molecule has 1 aromatic carbocycles. The molecule has 2 aliphatic rings. The molecule has 8 heteroatoms. The zero-order chi connectivity index (χ0) is 20.1. The van der Waals surface area contributed by atoms with E-state index in [9.17, 15) is 14.4 Å². The van der Waals surface area contributed by atoms with E-state index in [-0.39, 0.29) is 37.6 Å². The number of carbonyl (C=O) groups is 3. The summed E-state index contributed by atoms with van der Waals surface area (Å²) in [7, 11) is 0. The van der Waals surface area contributed by atoms with Crippen LogP contribution in [0.15, 0.2) is 18.2 Å². The van der Waals surface area contributed by atoms with Crippen molar-refractivity contribution < 1.29 is 33.7 Å². The number of carboxylic acids is 1. The number of nitrogens with zero attached hydrogens (tertiary/aromatic N) is 1. The van der Waals surface area contributed by atoms with Gasteiger partial charge in [0.2, 0.25) is 6.79 Å². The number of likely N-dealkylation sites (tertiary alicyclic amines) is 1. The van der Waals surface area contributed by atoms with E-state index in [1.807, 2.05) is 11.8 Å². The number of fused-ring (bicyclic) bond motifs is 1. The second-order valence-electron chi connectivity index (χ2n) is 7.03. The van der Waals surface area contributed by atoms with E-state index in [0.717, 1.165) is 6.42 Å². The first-order valence-corrected chi connectivity index (χ1v) is 9.57. The average Bonchev–Trinajstić information content (AvgIpc) is 3.32. The largest absolute Gasteiger partial charge is 0.481 e. The Morgan fingerprint density at radius 2 is 2.04 bits per heavy atom. The van der Waals surface area contributed by atoms with Crippen molar-refractivity contribution in [3.63, 3.8) is 0 Å². The molecule has 1 N–H and O–H groups in total. The normalized spacial score (nSPS) is 19.4. The van der Waals surface area contributed by atoms with E-state index in [2.05, 4.69) is 0 Å². The fourth-order valence-electron chi connectivity index (χ4n) is 3.58. The molecule has 2 heterocycles. The minimum Gasteiger partial charge on any atom is -0.481 e. The van der Waals surface area contributed by atoms with E-state index in [4.69, 9.17) is 19.3 Å². The van der Waals surface area contributed by atoms with Gasteiger partial charge in [-0.25, -0.2) is 0 Å². The molecule has 8 nitrogen and oxygen atoms in total. The lowest BCUT2D eigenvalue weighted by Crippen LogP contribution is -2.40. The van der Waals surface area contributed by atoms with E-state index in [0.29, 0.717) is 43.0 Å². The number of rotatable bonds is 9. The third kappa shape index (κ3) is 4.81. The molecule has 28 heavy (non-hydrogen) atoms. The van der Waals surface area contributed by atoms with Crippen LogP contribution in [0.4, 0.5) is 0 Å². The summed E-state index contributed by atoms with van der Waals surface area (Å²) < 4.78 is 16.0. The Hall–Kier alpha value is -2.61. The number of aliphatic carboxylic acids is 1. The predicted molar refractivity (Wildman–Crippen MR) is 98.5 cm³/mol. The third-order valence-corrected chi connectivity index (χ3v) is 4.98. The van der Waals surface area contributed by atoms with Gasteiger partial charge in [0.15, 0.2) is 17.3 Å². The van der Waals surface area contributed by atoms with Crippen LogP contribution < -0.4 is 9.47 Å². The number of carbonyl (C=O) groups excluding carboxylic acids is 2. The number of ketones is 1. The number of ether oxygens (including phenoxy) is 3. The van der Waals surface area contributed by atoms with Crippen LogP contribution in [0, 0.1) is 0 Å². The van der Waals surface area contributed by atoms with Crippen molar-refractivity contribution in [2.45, 2.75) is 51.2 Å². The Morgan fingerprint density at radius 1 is 1.25 bits per heavy atom. The summed E-state index contributed by atoms with van der Waals surface area (Å²) in [4.78, 5) is 37.5. The Bertz CT molecular complexity index is 748. The molecule has 152 valence electrons. The average molecular weight is 391 g/mol. The Labute approximate surface area is 163 Å². The molecule has 0 radical (unpaired) electrons. The summed E-state index contributed by atoms with van der Waals surface area (Å²) >= 11 is 0. The van der Waals surface area contributed by atoms with E-state index >= 15 is 0 Å². The van der Waals surface area contributed by atoms with Crippen molar-refractivity contribution in [3.8, 4) is 11.5 Å². The smallest absolute Gasteiger partial charge is 0.306 e. The number of benzene rings is 1. The Balaban J connectivity index is 1.61. The topological polar surface area (TPSA) is 102 Å². The van der Waals surface area contributed by atoms with Gasteiger partial charge in [0.25, 0.3) is 0 Å². The first-order valence-electron chi connectivity index (χ1n) is 9.57. The SMILES string of the molecule is CCCC(C(=O)c1ccc2c(c1)OCO2)N1CC[C@H](OC(=O)CCC(=O)O)C1. The highest BCUT2D eigenvalue weighted by molar-refractivity contribution is 6.00. The van der Waals surface area contributed by atoms with Crippen molar-refractivity contribution in [1.29, 1.82) is 0 Å². The maximum atomic E-state index is 13.1. The van der Waals surface area contributed by atoms with Gasteiger partial charge in [-0.15, -0.1) is 0 Å². The van der Waals surface area contributed by atoms with Crippen LogP contribution in [-0.4, -0.2) is 59.8 Å². The number of carboxylic acid groups (broad SMARTS) is 1. The maximum absolute atomic E-state index is 13.1. The van der Waals surface area contributed by atoms with Crippen LogP contribution in [-0.2, 0) is 14.3 Å². The minimum absolute atomic E-state index is 0.0120. The Kier molecular flexibility index (Phi) is 6.51. The molecule has 3 rings (SSSR count). The van der Waals surface area contributed by atoms with Crippen LogP contribution in [0.2, 0.25) is 0 Å². The minimum atomic E-state index is -1.03. The quantitative estimate of drug-likeness (QED) is 0.505. The summed E-state index contributed by atoms with van der Waals surface area (Å²) in [5.74, 6) is -0.311. The summed E-state index contributed by atoms with van der Waals surface area (Å²) in [5.41, 5.74) is 0.574. The van der Waals surface area contributed by atoms with Crippen LogP contribution >= 0.6 is 0 Å². The number of hydrogen-bond donors (Lipinski definition) is 1. The molecule has 2 atom stereocenters. The summed E-state index contributed by atoms with van der Waals surface area (Å²) in [6.45, 7) is 3.31. The van der Waals surface area contributed by atoms with Gasteiger partial charge in [-0.1, -0.05) is 13.3 Å². The maximum Gasteiger partial charge on any atom is 0.306 e. The Morgan fingerprint density at radius 3 is 2.79 bits per heavy atom. The highest BCUT2D eigenvalue weighted by atomic mass is 16.7.